The van der Waals surface area contributed by atoms with Crippen molar-refractivity contribution in [1.82, 2.24) is 9.97 Å². The lowest BCUT2D eigenvalue weighted by Gasteiger charge is -2.12. The Morgan fingerprint density at radius 3 is 2.04 bits per heavy atom. The molecule has 0 amide bonds. The van der Waals surface area contributed by atoms with Crippen LogP contribution >= 0.6 is 0 Å². The maximum absolute atomic E-state index is 12.7. The van der Waals surface area contributed by atoms with E-state index >= 15 is 0 Å². The highest BCUT2D eigenvalue weighted by molar-refractivity contribution is 7.92. The predicted octanol–water partition coefficient (Wildman–Crippen LogP) is 2.58. The van der Waals surface area contributed by atoms with Gasteiger partial charge >= 0.3 is 5.69 Å². The van der Waals surface area contributed by atoms with Gasteiger partial charge in [-0.25, -0.2) is 13.2 Å². The van der Waals surface area contributed by atoms with E-state index in [1.165, 1.54) is 6.07 Å². The lowest BCUT2D eigenvalue weighted by Crippen LogP contribution is -2.14. The number of hydrogen-bond donors (Lipinski definition) is 3. The summed E-state index contributed by atoms with van der Waals surface area (Å²) in [6.07, 6.45) is 0. The zero-order valence-corrected chi connectivity index (χ0v) is 13.8. The fourth-order valence-corrected chi connectivity index (χ4v) is 4.00. The van der Waals surface area contributed by atoms with Crippen molar-refractivity contribution >= 4 is 26.7 Å². The molecule has 0 bridgehead atoms. The quantitative estimate of drug-likeness (QED) is 0.688. The lowest BCUT2D eigenvalue weighted by molar-refractivity contribution is 0.601. The number of rotatable bonds is 3. The number of H-pyrrole nitrogens is 2. The highest BCUT2D eigenvalue weighted by Gasteiger charge is 2.19. The summed E-state index contributed by atoms with van der Waals surface area (Å²) >= 11 is 0. The summed E-state index contributed by atoms with van der Waals surface area (Å²) in [6, 6.07) is 8.63. The van der Waals surface area contributed by atoms with Crippen LogP contribution in [0, 0.1) is 20.8 Å². The van der Waals surface area contributed by atoms with Crippen molar-refractivity contribution < 1.29 is 8.42 Å². The van der Waals surface area contributed by atoms with Crippen molar-refractivity contribution in [2.24, 2.45) is 0 Å². The van der Waals surface area contributed by atoms with Crippen LogP contribution in [-0.4, -0.2) is 18.4 Å². The van der Waals surface area contributed by atoms with E-state index in [-0.39, 0.29) is 10.6 Å². The van der Waals surface area contributed by atoms with E-state index in [0.29, 0.717) is 22.3 Å². The molecule has 0 unspecified atom stereocenters. The van der Waals surface area contributed by atoms with E-state index in [1.807, 2.05) is 19.9 Å². The number of sulfonamides is 1. The van der Waals surface area contributed by atoms with Crippen LogP contribution in [0.15, 0.2) is 40.0 Å². The van der Waals surface area contributed by atoms with E-state index in [0.717, 1.165) is 11.1 Å². The molecule has 120 valence electrons. The second-order valence-corrected chi connectivity index (χ2v) is 7.38. The average molecular weight is 331 g/mol. The molecule has 0 spiro atoms. The van der Waals surface area contributed by atoms with Gasteiger partial charge in [-0.2, -0.15) is 0 Å². The van der Waals surface area contributed by atoms with Crippen molar-refractivity contribution in [2.45, 2.75) is 25.7 Å². The van der Waals surface area contributed by atoms with E-state index < -0.39 is 10.0 Å². The highest BCUT2D eigenvalue weighted by atomic mass is 32.2. The molecular formula is C16H17N3O3S. The second-order valence-electron chi connectivity index (χ2n) is 5.72. The number of aromatic amines is 2. The normalized spacial score (nSPS) is 11.8. The van der Waals surface area contributed by atoms with Gasteiger partial charge in [0.1, 0.15) is 0 Å². The van der Waals surface area contributed by atoms with Gasteiger partial charge in [0, 0.05) is 5.69 Å². The molecule has 0 fully saturated rings. The Bertz CT molecular complexity index is 1040. The average Bonchev–Trinajstić information content (AvgIpc) is 2.74. The highest BCUT2D eigenvalue weighted by Crippen LogP contribution is 2.24. The Kier molecular flexibility index (Phi) is 3.52. The number of hydrogen-bond acceptors (Lipinski definition) is 3. The molecule has 6 nitrogen and oxygen atoms in total. The molecule has 0 saturated heterocycles. The molecule has 0 atom stereocenters. The van der Waals surface area contributed by atoms with Crippen LogP contribution < -0.4 is 10.4 Å². The smallest absolute Gasteiger partial charge is 0.306 e. The summed E-state index contributed by atoms with van der Waals surface area (Å²) in [6.45, 7) is 5.51. The minimum Gasteiger partial charge on any atom is -0.306 e. The first-order valence-corrected chi connectivity index (χ1v) is 8.57. The zero-order valence-electron chi connectivity index (χ0n) is 13.0. The molecule has 0 radical (unpaired) electrons. The monoisotopic (exact) mass is 331 g/mol. The van der Waals surface area contributed by atoms with Crippen LogP contribution in [0.2, 0.25) is 0 Å². The van der Waals surface area contributed by atoms with Crippen molar-refractivity contribution in [3.8, 4) is 0 Å². The third-order valence-electron chi connectivity index (χ3n) is 3.57. The number of aryl methyl sites for hydroxylation is 3. The topological polar surface area (TPSA) is 94.8 Å². The summed E-state index contributed by atoms with van der Waals surface area (Å²) in [5, 5.41) is 0. The summed E-state index contributed by atoms with van der Waals surface area (Å²) in [5.41, 5.74) is 3.71. The molecule has 0 saturated carbocycles. The molecule has 23 heavy (non-hydrogen) atoms. The molecule has 3 aromatic rings. The standard InChI is InChI=1S/C16H17N3O3S/c1-9-4-10(2)6-12(5-9)19-23(21,22)15-8-14-13(7-11(15)3)17-16(20)18-14/h4-8,19H,1-3H3,(H2,17,18,20). The maximum Gasteiger partial charge on any atom is 0.323 e. The Morgan fingerprint density at radius 2 is 1.43 bits per heavy atom. The Hall–Kier alpha value is -2.54. The van der Waals surface area contributed by atoms with Gasteiger partial charge in [0.15, 0.2) is 0 Å². The Balaban J connectivity index is 2.08. The number of imidazole rings is 1. The summed E-state index contributed by atoms with van der Waals surface area (Å²) in [5.74, 6) is 0. The first kappa shape index (κ1) is 15.4. The third-order valence-corrected chi connectivity index (χ3v) is 5.10. The second kappa shape index (κ2) is 5.27. The molecule has 0 aliphatic rings. The van der Waals surface area contributed by atoms with Crippen molar-refractivity contribution in [1.29, 1.82) is 0 Å². The van der Waals surface area contributed by atoms with E-state index in [1.54, 1.807) is 25.1 Å². The van der Waals surface area contributed by atoms with Crippen LogP contribution in [-0.2, 0) is 10.0 Å². The molecule has 3 rings (SSSR count). The minimum absolute atomic E-state index is 0.138. The first-order chi connectivity index (χ1) is 10.7. The molecule has 0 aliphatic heterocycles. The van der Waals surface area contributed by atoms with Gasteiger partial charge in [0.25, 0.3) is 10.0 Å². The van der Waals surface area contributed by atoms with Crippen LogP contribution in [0.5, 0.6) is 0 Å². The fourth-order valence-electron chi connectivity index (χ4n) is 2.70. The molecular weight excluding hydrogens is 314 g/mol. The molecule has 0 aliphatic carbocycles. The van der Waals surface area contributed by atoms with Crippen LogP contribution in [0.4, 0.5) is 5.69 Å². The van der Waals surface area contributed by atoms with Crippen molar-refractivity contribution in [3.63, 3.8) is 0 Å². The lowest BCUT2D eigenvalue weighted by atomic mass is 10.1. The summed E-state index contributed by atoms with van der Waals surface area (Å²) in [7, 11) is -3.75. The van der Waals surface area contributed by atoms with Gasteiger partial charge in [0.05, 0.1) is 15.9 Å². The van der Waals surface area contributed by atoms with Gasteiger partial charge in [-0.1, -0.05) is 6.07 Å². The largest absolute Gasteiger partial charge is 0.323 e. The number of aromatic nitrogens is 2. The van der Waals surface area contributed by atoms with Gasteiger partial charge in [-0.3, -0.25) is 4.72 Å². The van der Waals surface area contributed by atoms with Crippen LogP contribution in [0.25, 0.3) is 11.0 Å². The number of anilines is 1. The maximum atomic E-state index is 12.7. The summed E-state index contributed by atoms with van der Waals surface area (Å²) < 4.78 is 28.0. The van der Waals surface area contributed by atoms with E-state index in [9.17, 15) is 13.2 Å². The SMILES string of the molecule is Cc1cc(C)cc(NS(=O)(=O)c2cc3[nH]c(=O)[nH]c3cc2C)c1. The third kappa shape index (κ3) is 3.00. The molecule has 2 aromatic carbocycles. The summed E-state index contributed by atoms with van der Waals surface area (Å²) in [4.78, 5) is 16.7. The van der Waals surface area contributed by atoms with Gasteiger partial charge in [0.2, 0.25) is 0 Å². The Morgan fingerprint density at radius 1 is 0.870 bits per heavy atom. The van der Waals surface area contributed by atoms with E-state index in [4.69, 9.17) is 0 Å². The zero-order chi connectivity index (χ0) is 16.8. The van der Waals surface area contributed by atoms with E-state index in [2.05, 4.69) is 14.7 Å². The number of benzene rings is 2. The molecule has 3 N–H and O–H groups in total. The minimum atomic E-state index is -3.75. The fraction of sp³-hybridized carbons (Fsp3) is 0.188. The van der Waals surface area contributed by atoms with Gasteiger partial charge < -0.3 is 9.97 Å². The number of fused-ring (bicyclic) bond motifs is 1. The van der Waals surface area contributed by atoms with Crippen molar-refractivity contribution in [3.05, 3.63) is 57.5 Å². The Labute approximate surface area is 133 Å². The van der Waals surface area contributed by atoms with Gasteiger partial charge in [-0.05, 0) is 61.7 Å². The molecule has 7 heteroatoms. The molecule has 1 aromatic heterocycles. The first-order valence-electron chi connectivity index (χ1n) is 7.08. The molecule has 1 heterocycles. The van der Waals surface area contributed by atoms with Gasteiger partial charge in [-0.15, -0.1) is 0 Å². The van der Waals surface area contributed by atoms with Crippen LogP contribution in [0.3, 0.4) is 0 Å². The number of nitrogens with one attached hydrogen (secondary N) is 3. The van der Waals surface area contributed by atoms with Crippen molar-refractivity contribution in [2.75, 3.05) is 4.72 Å². The van der Waals surface area contributed by atoms with Crippen LogP contribution in [0.1, 0.15) is 16.7 Å². The predicted molar refractivity (Wildman–Crippen MR) is 90.4 cm³/mol.